The Morgan fingerprint density at radius 2 is 1.84 bits per heavy atom. The third kappa shape index (κ3) is 6.31. The van der Waals surface area contributed by atoms with Crippen LogP contribution in [0.15, 0.2) is 48.7 Å². The first-order chi connectivity index (χ1) is 18.1. The summed E-state index contributed by atoms with van der Waals surface area (Å²) in [7, 11) is 2.21. The third-order valence-corrected chi connectivity index (χ3v) is 7.46. The molecule has 1 aliphatic carbocycles. The number of fused-ring (bicyclic) bond motifs is 1. The molecule has 37 heavy (non-hydrogen) atoms. The predicted octanol–water partition coefficient (Wildman–Crippen LogP) is 5.01. The zero-order valence-electron chi connectivity index (χ0n) is 21.1. The molecule has 0 saturated carbocycles. The molecule has 9 heteroatoms. The van der Waals surface area contributed by atoms with Crippen molar-refractivity contribution in [3.05, 3.63) is 64.8 Å². The molecule has 3 aromatic rings. The van der Waals surface area contributed by atoms with Gasteiger partial charge in [-0.1, -0.05) is 29.8 Å². The quantitative estimate of drug-likeness (QED) is 0.422. The molecule has 1 aromatic heterocycles. The van der Waals surface area contributed by atoms with Crippen molar-refractivity contribution in [2.24, 2.45) is 0 Å². The summed E-state index contributed by atoms with van der Waals surface area (Å²) in [6.07, 6.45) is 6.18. The van der Waals surface area contributed by atoms with Crippen molar-refractivity contribution < 1.29 is 4.74 Å². The van der Waals surface area contributed by atoms with Gasteiger partial charge >= 0.3 is 0 Å². The van der Waals surface area contributed by atoms with Crippen LogP contribution in [0, 0.1) is 11.3 Å². The van der Waals surface area contributed by atoms with Gasteiger partial charge in [0.05, 0.1) is 11.9 Å². The Labute approximate surface area is 223 Å². The van der Waals surface area contributed by atoms with Crippen LogP contribution in [-0.4, -0.2) is 65.6 Å². The number of aromatic nitrogens is 2. The molecule has 192 valence electrons. The number of ether oxygens (including phenoxy) is 1. The van der Waals surface area contributed by atoms with Crippen LogP contribution in [0.2, 0.25) is 5.02 Å². The highest BCUT2D eigenvalue weighted by molar-refractivity contribution is 6.32. The predicted molar refractivity (Wildman–Crippen MR) is 147 cm³/mol. The lowest BCUT2D eigenvalue weighted by Crippen LogP contribution is -2.49. The highest BCUT2D eigenvalue weighted by Crippen LogP contribution is 2.31. The molecule has 0 bridgehead atoms. The first-order valence-corrected chi connectivity index (χ1v) is 13.2. The van der Waals surface area contributed by atoms with Gasteiger partial charge in [-0.25, -0.2) is 4.98 Å². The zero-order chi connectivity index (χ0) is 25.6. The second kappa shape index (κ2) is 11.8. The molecule has 1 atom stereocenters. The molecule has 1 fully saturated rings. The van der Waals surface area contributed by atoms with E-state index < -0.39 is 0 Å². The number of nitriles is 1. The van der Waals surface area contributed by atoms with Crippen molar-refractivity contribution in [2.45, 2.75) is 31.7 Å². The minimum atomic E-state index is -0.0442. The Morgan fingerprint density at radius 1 is 1.05 bits per heavy atom. The molecule has 1 aliphatic heterocycles. The summed E-state index contributed by atoms with van der Waals surface area (Å²) in [4.78, 5) is 14.1. The number of nitrogens with zero attached hydrogens (tertiary/aromatic N) is 5. The van der Waals surface area contributed by atoms with Crippen LogP contribution in [0.3, 0.4) is 0 Å². The van der Waals surface area contributed by atoms with Crippen LogP contribution < -0.4 is 15.4 Å². The maximum Gasteiger partial charge on any atom is 0.229 e. The van der Waals surface area contributed by atoms with Crippen molar-refractivity contribution in [3.63, 3.8) is 0 Å². The van der Waals surface area contributed by atoms with E-state index in [0.717, 1.165) is 31.6 Å². The zero-order valence-corrected chi connectivity index (χ0v) is 21.8. The number of piperazine rings is 1. The Balaban J connectivity index is 1.27. The molecule has 0 amide bonds. The largest absolute Gasteiger partial charge is 0.477 e. The second-order valence-corrected chi connectivity index (χ2v) is 10.0. The minimum Gasteiger partial charge on any atom is -0.477 e. The van der Waals surface area contributed by atoms with Gasteiger partial charge < -0.3 is 20.3 Å². The van der Waals surface area contributed by atoms with E-state index in [9.17, 15) is 0 Å². The second-order valence-electron chi connectivity index (χ2n) is 9.64. The summed E-state index contributed by atoms with van der Waals surface area (Å²) in [6, 6.07) is 16.6. The standard InChI is InChI=1S/C28H32ClN7O/c1-35-13-15-36(16-14-35)23-10-7-20-6-9-22(18-21(20)8-11-23)32-28-31-19-24(29)27(34-28)33-25-4-2-3-5-26(25)37-17-12-30/h2-6,9,18-19,23H,7-8,10-11,13-17H2,1H3,(H2,31,32,33,34). The Morgan fingerprint density at radius 3 is 2.65 bits per heavy atom. The number of para-hydroxylation sites is 2. The fourth-order valence-corrected chi connectivity index (χ4v) is 5.24. The molecular weight excluding hydrogens is 486 g/mol. The number of benzene rings is 2. The Hall–Kier alpha value is -3.38. The number of hydrogen-bond donors (Lipinski definition) is 2. The molecule has 2 aromatic carbocycles. The van der Waals surface area contributed by atoms with Crippen LogP contribution in [0.4, 0.5) is 23.1 Å². The van der Waals surface area contributed by atoms with Crippen LogP contribution >= 0.6 is 11.6 Å². The lowest BCUT2D eigenvalue weighted by Gasteiger charge is -2.37. The summed E-state index contributed by atoms with van der Waals surface area (Å²) in [6.45, 7) is 4.62. The molecule has 5 rings (SSSR count). The molecule has 1 saturated heterocycles. The summed E-state index contributed by atoms with van der Waals surface area (Å²) < 4.78 is 5.51. The van der Waals surface area contributed by atoms with Crippen molar-refractivity contribution in [3.8, 4) is 11.8 Å². The van der Waals surface area contributed by atoms with Gasteiger partial charge in [0.15, 0.2) is 12.4 Å². The number of halogens is 1. The van der Waals surface area contributed by atoms with E-state index in [1.165, 1.54) is 37.1 Å². The average Bonchev–Trinajstić information content (AvgIpc) is 3.13. The van der Waals surface area contributed by atoms with E-state index in [-0.39, 0.29) is 6.61 Å². The fraction of sp³-hybridized carbons (Fsp3) is 0.393. The van der Waals surface area contributed by atoms with E-state index in [1.807, 2.05) is 24.3 Å². The lowest BCUT2D eigenvalue weighted by atomic mass is 10.0. The number of likely N-dealkylation sites (N-methyl/N-ethyl adjacent to an activating group) is 1. The number of hydrogen-bond acceptors (Lipinski definition) is 8. The monoisotopic (exact) mass is 517 g/mol. The van der Waals surface area contributed by atoms with E-state index in [4.69, 9.17) is 21.6 Å². The number of nitrogens with one attached hydrogen (secondary N) is 2. The van der Waals surface area contributed by atoms with Gasteiger partial charge in [-0.15, -0.1) is 0 Å². The summed E-state index contributed by atoms with van der Waals surface area (Å²) >= 11 is 6.39. The van der Waals surface area contributed by atoms with Crippen molar-refractivity contribution >= 4 is 34.7 Å². The molecule has 2 aliphatic rings. The number of anilines is 4. The highest BCUT2D eigenvalue weighted by atomic mass is 35.5. The van der Waals surface area contributed by atoms with Crippen LogP contribution in [-0.2, 0) is 12.8 Å². The van der Waals surface area contributed by atoms with Crippen LogP contribution in [0.1, 0.15) is 24.0 Å². The SMILES string of the molecule is CN1CCN(C2CCc3ccc(Nc4ncc(Cl)c(Nc5ccccc5OCC#N)n4)cc3CC2)CC1. The smallest absolute Gasteiger partial charge is 0.229 e. The Kier molecular flexibility index (Phi) is 8.05. The fourth-order valence-electron chi connectivity index (χ4n) is 5.10. The van der Waals surface area contributed by atoms with E-state index in [2.05, 4.69) is 55.6 Å². The van der Waals surface area contributed by atoms with Gasteiger partial charge in [0.2, 0.25) is 5.95 Å². The maximum absolute atomic E-state index is 8.85. The van der Waals surface area contributed by atoms with Gasteiger partial charge in [-0.3, -0.25) is 4.90 Å². The maximum atomic E-state index is 8.85. The number of rotatable bonds is 7. The normalized spacial score (nSPS) is 18.4. The summed E-state index contributed by atoms with van der Waals surface area (Å²) in [5.74, 6) is 1.46. The summed E-state index contributed by atoms with van der Waals surface area (Å²) in [5, 5.41) is 15.8. The van der Waals surface area contributed by atoms with Gasteiger partial charge in [-0.2, -0.15) is 10.2 Å². The first-order valence-electron chi connectivity index (χ1n) is 12.8. The van der Waals surface area contributed by atoms with E-state index in [0.29, 0.717) is 34.3 Å². The lowest BCUT2D eigenvalue weighted by molar-refractivity contribution is 0.104. The van der Waals surface area contributed by atoms with Crippen molar-refractivity contribution in [1.29, 1.82) is 5.26 Å². The molecule has 0 radical (unpaired) electrons. The van der Waals surface area contributed by atoms with Crippen molar-refractivity contribution in [1.82, 2.24) is 19.8 Å². The average molecular weight is 518 g/mol. The highest BCUT2D eigenvalue weighted by Gasteiger charge is 2.25. The molecule has 2 N–H and O–H groups in total. The molecule has 0 spiro atoms. The minimum absolute atomic E-state index is 0.0442. The number of aryl methyl sites for hydroxylation is 2. The third-order valence-electron chi connectivity index (χ3n) is 7.19. The van der Waals surface area contributed by atoms with Crippen molar-refractivity contribution in [2.75, 3.05) is 50.5 Å². The van der Waals surface area contributed by atoms with Gasteiger partial charge in [0, 0.05) is 37.9 Å². The topological polar surface area (TPSA) is 89.3 Å². The Bertz CT molecular complexity index is 1270. The van der Waals surface area contributed by atoms with Gasteiger partial charge in [0.25, 0.3) is 0 Å². The first kappa shape index (κ1) is 25.3. The molecule has 2 heterocycles. The van der Waals surface area contributed by atoms with E-state index >= 15 is 0 Å². The van der Waals surface area contributed by atoms with Crippen LogP contribution in [0.25, 0.3) is 0 Å². The van der Waals surface area contributed by atoms with Gasteiger partial charge in [0.1, 0.15) is 16.8 Å². The molecular formula is C28H32ClN7O. The summed E-state index contributed by atoms with van der Waals surface area (Å²) in [5.41, 5.74) is 4.47. The molecule has 8 nitrogen and oxygen atoms in total. The van der Waals surface area contributed by atoms with E-state index in [1.54, 1.807) is 12.3 Å². The van der Waals surface area contributed by atoms with Crippen LogP contribution in [0.5, 0.6) is 5.75 Å². The molecule has 1 unspecified atom stereocenters. The van der Waals surface area contributed by atoms with Gasteiger partial charge in [-0.05, 0) is 68.1 Å².